The van der Waals surface area contributed by atoms with E-state index in [1.54, 1.807) is 10.9 Å². The van der Waals surface area contributed by atoms with Gasteiger partial charge >= 0.3 is 0 Å². The molecule has 3 rings (SSSR count). The first-order chi connectivity index (χ1) is 9.71. The van der Waals surface area contributed by atoms with Gasteiger partial charge in [0.25, 0.3) is 5.91 Å². The molecule has 1 fully saturated rings. The van der Waals surface area contributed by atoms with Gasteiger partial charge in [-0.2, -0.15) is 5.10 Å². The molecule has 0 atom stereocenters. The van der Waals surface area contributed by atoms with Gasteiger partial charge in [0.1, 0.15) is 0 Å². The van der Waals surface area contributed by atoms with Crippen LogP contribution in [0.2, 0.25) is 0 Å². The maximum atomic E-state index is 12.6. The maximum Gasteiger partial charge on any atom is 0.257 e. The molecule has 1 amide bonds. The van der Waals surface area contributed by atoms with E-state index in [-0.39, 0.29) is 12.5 Å². The van der Waals surface area contributed by atoms with Crippen molar-refractivity contribution in [3.05, 3.63) is 29.4 Å². The van der Waals surface area contributed by atoms with E-state index < -0.39 is 0 Å². The highest BCUT2D eigenvalue weighted by Gasteiger charge is 2.32. The van der Waals surface area contributed by atoms with Crippen molar-refractivity contribution < 1.29 is 9.18 Å². The molecule has 2 N–H and O–H groups in total. The summed E-state index contributed by atoms with van der Waals surface area (Å²) in [7, 11) is 0. The number of halogens is 1. The Labute approximate surface area is 117 Å². The molecule has 1 aliphatic heterocycles. The Morgan fingerprint density at radius 3 is 3.00 bits per heavy atom. The van der Waals surface area contributed by atoms with Gasteiger partial charge in [0, 0.05) is 32.3 Å². The van der Waals surface area contributed by atoms with Gasteiger partial charge < -0.3 is 10.6 Å². The second-order valence-corrected chi connectivity index (χ2v) is 5.60. The Balaban J connectivity index is 1.75. The Hall–Kier alpha value is -1.69. The summed E-state index contributed by atoms with van der Waals surface area (Å²) in [6.07, 6.45) is 5.48. The third-order valence-electron chi connectivity index (χ3n) is 3.93. The molecule has 2 heterocycles. The SMILES string of the molecule is NCC(=CF)Cn1cc2c(n1)CCN(CC1CC1)C2=O. The van der Waals surface area contributed by atoms with Crippen molar-refractivity contribution >= 4 is 5.91 Å². The summed E-state index contributed by atoms with van der Waals surface area (Å²) >= 11 is 0. The highest BCUT2D eigenvalue weighted by molar-refractivity contribution is 5.96. The molecule has 5 nitrogen and oxygen atoms in total. The number of nitrogens with two attached hydrogens (primary N) is 1. The van der Waals surface area contributed by atoms with Gasteiger partial charge in [-0.15, -0.1) is 0 Å². The lowest BCUT2D eigenvalue weighted by molar-refractivity contribution is 0.0731. The first-order valence-corrected chi connectivity index (χ1v) is 7.05. The van der Waals surface area contributed by atoms with E-state index >= 15 is 0 Å². The summed E-state index contributed by atoms with van der Waals surface area (Å²) < 4.78 is 14.2. The molecule has 20 heavy (non-hydrogen) atoms. The zero-order valence-corrected chi connectivity index (χ0v) is 11.4. The van der Waals surface area contributed by atoms with Crippen molar-refractivity contribution in [3.63, 3.8) is 0 Å². The fourth-order valence-electron chi connectivity index (χ4n) is 2.56. The lowest BCUT2D eigenvalue weighted by Gasteiger charge is -2.25. The Bertz CT molecular complexity index is 547. The first-order valence-electron chi connectivity index (χ1n) is 7.05. The molecule has 0 spiro atoms. The zero-order valence-electron chi connectivity index (χ0n) is 11.4. The van der Waals surface area contributed by atoms with E-state index in [9.17, 15) is 9.18 Å². The standard InChI is InChI=1S/C14H19FN4O/c15-5-11(6-16)8-19-9-12-13(17-19)3-4-18(14(12)20)7-10-1-2-10/h5,9-10H,1-4,6-8,16H2. The number of carbonyl (C=O) groups is 1. The van der Waals surface area contributed by atoms with Crippen LogP contribution in [0, 0.1) is 5.92 Å². The molecule has 108 valence electrons. The molecular weight excluding hydrogens is 259 g/mol. The average Bonchev–Trinajstić information content (AvgIpc) is 3.17. The zero-order chi connectivity index (χ0) is 14.1. The number of nitrogens with zero attached hydrogens (tertiary/aromatic N) is 3. The maximum absolute atomic E-state index is 12.6. The van der Waals surface area contributed by atoms with E-state index in [4.69, 9.17) is 5.73 Å². The van der Waals surface area contributed by atoms with Gasteiger partial charge in [-0.25, -0.2) is 4.39 Å². The van der Waals surface area contributed by atoms with Crippen molar-refractivity contribution in [2.45, 2.75) is 25.8 Å². The van der Waals surface area contributed by atoms with Crippen LogP contribution >= 0.6 is 0 Å². The van der Waals surface area contributed by atoms with Crippen molar-refractivity contribution in [1.82, 2.24) is 14.7 Å². The van der Waals surface area contributed by atoms with Crippen LogP contribution in [0.1, 0.15) is 28.9 Å². The van der Waals surface area contributed by atoms with Crippen LogP contribution in [0.15, 0.2) is 18.1 Å². The van der Waals surface area contributed by atoms with E-state index in [0.717, 1.165) is 25.2 Å². The molecule has 1 aromatic rings. The third kappa shape index (κ3) is 2.60. The van der Waals surface area contributed by atoms with E-state index in [0.29, 0.717) is 29.9 Å². The molecule has 0 aromatic carbocycles. The minimum Gasteiger partial charge on any atom is -0.338 e. The molecule has 0 saturated heterocycles. The summed E-state index contributed by atoms with van der Waals surface area (Å²) in [5.74, 6) is 0.747. The van der Waals surface area contributed by atoms with Gasteiger partial charge in [0.15, 0.2) is 0 Å². The molecule has 1 aromatic heterocycles. The third-order valence-corrected chi connectivity index (χ3v) is 3.93. The lowest BCUT2D eigenvalue weighted by atomic mass is 10.1. The van der Waals surface area contributed by atoms with Crippen molar-refractivity contribution in [2.75, 3.05) is 19.6 Å². The summed E-state index contributed by atoms with van der Waals surface area (Å²) in [6.45, 7) is 2.06. The predicted molar refractivity (Wildman–Crippen MR) is 72.8 cm³/mol. The smallest absolute Gasteiger partial charge is 0.257 e. The van der Waals surface area contributed by atoms with Crippen LogP contribution in [0.3, 0.4) is 0 Å². The normalized spacial score (nSPS) is 19.4. The molecule has 1 aliphatic carbocycles. The number of amides is 1. The summed E-state index contributed by atoms with van der Waals surface area (Å²) in [6, 6.07) is 0. The second kappa shape index (κ2) is 5.36. The monoisotopic (exact) mass is 278 g/mol. The van der Waals surface area contributed by atoms with Crippen LogP contribution in [-0.2, 0) is 13.0 Å². The molecule has 0 radical (unpaired) electrons. The number of aromatic nitrogens is 2. The van der Waals surface area contributed by atoms with Crippen LogP contribution in [-0.4, -0.2) is 40.2 Å². The summed E-state index contributed by atoms with van der Waals surface area (Å²) in [5, 5.41) is 4.37. The van der Waals surface area contributed by atoms with Crippen LogP contribution in [0.5, 0.6) is 0 Å². The van der Waals surface area contributed by atoms with Gasteiger partial charge in [0.2, 0.25) is 0 Å². The van der Waals surface area contributed by atoms with Gasteiger partial charge in [0.05, 0.1) is 24.1 Å². The Kier molecular flexibility index (Phi) is 3.56. The number of hydrogen-bond donors (Lipinski definition) is 1. The summed E-state index contributed by atoms with van der Waals surface area (Å²) in [4.78, 5) is 14.3. The topological polar surface area (TPSA) is 64.2 Å². The van der Waals surface area contributed by atoms with Crippen LogP contribution in [0.25, 0.3) is 0 Å². The Morgan fingerprint density at radius 2 is 2.35 bits per heavy atom. The number of hydrogen-bond acceptors (Lipinski definition) is 3. The molecule has 6 heteroatoms. The molecule has 2 aliphatic rings. The van der Waals surface area contributed by atoms with Crippen molar-refractivity contribution in [3.8, 4) is 0 Å². The fourth-order valence-corrected chi connectivity index (χ4v) is 2.56. The molecular formula is C14H19FN4O. The molecule has 0 bridgehead atoms. The largest absolute Gasteiger partial charge is 0.338 e. The Morgan fingerprint density at radius 1 is 1.55 bits per heavy atom. The number of carbonyl (C=O) groups excluding carboxylic acids is 1. The van der Waals surface area contributed by atoms with E-state index in [1.807, 2.05) is 4.90 Å². The lowest BCUT2D eigenvalue weighted by Crippen LogP contribution is -2.38. The average molecular weight is 278 g/mol. The van der Waals surface area contributed by atoms with Gasteiger partial charge in [-0.3, -0.25) is 9.48 Å². The van der Waals surface area contributed by atoms with Crippen molar-refractivity contribution in [2.24, 2.45) is 11.7 Å². The second-order valence-electron chi connectivity index (χ2n) is 5.60. The van der Waals surface area contributed by atoms with Crippen LogP contribution in [0.4, 0.5) is 4.39 Å². The highest BCUT2D eigenvalue weighted by atomic mass is 19.1. The van der Waals surface area contributed by atoms with Crippen molar-refractivity contribution in [1.29, 1.82) is 0 Å². The molecule has 1 saturated carbocycles. The number of rotatable bonds is 5. The first kappa shape index (κ1) is 13.3. The van der Waals surface area contributed by atoms with E-state index in [1.165, 1.54) is 12.8 Å². The van der Waals surface area contributed by atoms with Gasteiger partial charge in [-0.1, -0.05) is 0 Å². The highest BCUT2D eigenvalue weighted by Crippen LogP contribution is 2.31. The fraction of sp³-hybridized carbons (Fsp3) is 0.571. The number of fused-ring (bicyclic) bond motifs is 1. The van der Waals surface area contributed by atoms with E-state index in [2.05, 4.69) is 5.10 Å². The molecule has 0 unspecified atom stereocenters. The minimum atomic E-state index is 0.0583. The quantitative estimate of drug-likeness (QED) is 0.877. The van der Waals surface area contributed by atoms with Crippen LogP contribution < -0.4 is 5.73 Å². The summed E-state index contributed by atoms with van der Waals surface area (Å²) in [5.41, 5.74) is 7.38. The minimum absolute atomic E-state index is 0.0583. The van der Waals surface area contributed by atoms with Gasteiger partial charge in [-0.05, 0) is 24.3 Å². The predicted octanol–water partition coefficient (Wildman–Crippen LogP) is 1.10.